The first-order valence-corrected chi connectivity index (χ1v) is 7.93. The molecule has 0 saturated carbocycles. The van der Waals surface area contributed by atoms with E-state index in [0.29, 0.717) is 12.4 Å². The highest BCUT2D eigenvalue weighted by atomic mass is 32.2. The van der Waals surface area contributed by atoms with Crippen LogP contribution in [0.3, 0.4) is 0 Å². The van der Waals surface area contributed by atoms with Gasteiger partial charge in [-0.25, -0.2) is 0 Å². The first-order valence-electron chi connectivity index (χ1n) is 6.95. The van der Waals surface area contributed by atoms with E-state index in [0.717, 1.165) is 24.4 Å². The van der Waals surface area contributed by atoms with Gasteiger partial charge in [0.05, 0.1) is 11.7 Å². The van der Waals surface area contributed by atoms with E-state index < -0.39 is 0 Å². The minimum Gasteiger partial charge on any atom is -0.339 e. The summed E-state index contributed by atoms with van der Waals surface area (Å²) in [7, 11) is 0. The molecule has 1 heterocycles. The van der Waals surface area contributed by atoms with E-state index >= 15 is 0 Å². The molecule has 0 amide bonds. The fraction of sp³-hybridized carbons (Fsp3) is 0.467. The Morgan fingerprint density at radius 1 is 1.30 bits per heavy atom. The van der Waals surface area contributed by atoms with E-state index in [1.54, 1.807) is 11.8 Å². The molecule has 2 rings (SSSR count). The molecular formula is C15H21N3OS. The Morgan fingerprint density at radius 2 is 2.05 bits per heavy atom. The van der Waals surface area contributed by atoms with Crippen LogP contribution in [0.5, 0.6) is 0 Å². The van der Waals surface area contributed by atoms with Gasteiger partial charge in [-0.1, -0.05) is 36.2 Å². The van der Waals surface area contributed by atoms with Crippen LogP contribution in [0.4, 0.5) is 0 Å². The highest BCUT2D eigenvalue weighted by Gasteiger charge is 2.16. The van der Waals surface area contributed by atoms with Crippen LogP contribution in [-0.4, -0.2) is 16.7 Å². The van der Waals surface area contributed by atoms with Gasteiger partial charge < -0.3 is 10.3 Å². The third-order valence-corrected chi connectivity index (χ3v) is 4.15. The van der Waals surface area contributed by atoms with E-state index in [-0.39, 0.29) is 5.92 Å². The maximum atomic E-state index is 5.75. The number of rotatable bonds is 7. The van der Waals surface area contributed by atoms with Gasteiger partial charge in [-0.05, 0) is 25.5 Å². The van der Waals surface area contributed by atoms with Crippen LogP contribution < -0.4 is 5.73 Å². The number of hydrogen-bond acceptors (Lipinski definition) is 5. The molecule has 1 unspecified atom stereocenters. The second-order valence-corrected chi connectivity index (χ2v) is 5.92. The minimum absolute atomic E-state index is 0.186. The van der Waals surface area contributed by atoms with Gasteiger partial charge >= 0.3 is 0 Å². The van der Waals surface area contributed by atoms with Gasteiger partial charge in [-0.2, -0.15) is 4.98 Å². The average Bonchev–Trinajstić information content (AvgIpc) is 2.93. The molecule has 0 aliphatic carbocycles. The Labute approximate surface area is 124 Å². The zero-order valence-electron chi connectivity index (χ0n) is 12.0. The fourth-order valence-electron chi connectivity index (χ4n) is 1.96. The molecule has 0 radical (unpaired) electrons. The van der Waals surface area contributed by atoms with Crippen molar-refractivity contribution in [1.29, 1.82) is 0 Å². The van der Waals surface area contributed by atoms with Gasteiger partial charge in [0.1, 0.15) is 0 Å². The maximum Gasteiger partial charge on any atom is 0.231 e. The number of aryl methyl sites for hydroxylation is 1. The molecule has 0 aliphatic heterocycles. The summed E-state index contributed by atoms with van der Waals surface area (Å²) in [6.45, 7) is 4.77. The minimum atomic E-state index is 0.186. The summed E-state index contributed by atoms with van der Waals surface area (Å²) in [5.41, 5.74) is 7.01. The highest BCUT2D eigenvalue weighted by Crippen LogP contribution is 2.23. The predicted octanol–water partition coefficient (Wildman–Crippen LogP) is 3.51. The third kappa shape index (κ3) is 4.08. The lowest BCUT2D eigenvalue weighted by molar-refractivity contribution is 0.344. The van der Waals surface area contributed by atoms with Gasteiger partial charge in [0.25, 0.3) is 0 Å². The standard InChI is InChI=1S/C15H21N3OS/c1-3-4-12(9-16)15-17-14(18-19-15)10-20-13-7-5-11(2)6-8-13/h5-8,12H,3-4,9-10,16H2,1-2H3. The van der Waals surface area contributed by atoms with Crippen molar-refractivity contribution in [2.45, 2.75) is 43.3 Å². The Balaban J connectivity index is 1.93. The highest BCUT2D eigenvalue weighted by molar-refractivity contribution is 7.98. The molecule has 0 saturated heterocycles. The lowest BCUT2D eigenvalue weighted by Crippen LogP contribution is -2.12. The second kappa shape index (κ2) is 7.45. The molecule has 0 aliphatic rings. The van der Waals surface area contributed by atoms with Crippen molar-refractivity contribution in [1.82, 2.24) is 10.1 Å². The monoisotopic (exact) mass is 291 g/mol. The van der Waals surface area contributed by atoms with Crippen LogP contribution in [0, 0.1) is 6.92 Å². The number of nitrogens with two attached hydrogens (primary N) is 1. The first-order chi connectivity index (χ1) is 9.72. The van der Waals surface area contributed by atoms with Crippen molar-refractivity contribution in [2.24, 2.45) is 5.73 Å². The maximum absolute atomic E-state index is 5.75. The smallest absolute Gasteiger partial charge is 0.231 e. The molecule has 5 heteroatoms. The normalized spacial score (nSPS) is 12.6. The van der Waals surface area contributed by atoms with Gasteiger partial charge in [0.2, 0.25) is 5.89 Å². The van der Waals surface area contributed by atoms with E-state index in [2.05, 4.69) is 48.3 Å². The Hall–Kier alpha value is -1.33. The molecule has 4 nitrogen and oxygen atoms in total. The summed E-state index contributed by atoms with van der Waals surface area (Å²) in [6, 6.07) is 8.44. The molecule has 2 aromatic rings. The summed E-state index contributed by atoms with van der Waals surface area (Å²) in [5.74, 6) is 2.32. The van der Waals surface area contributed by atoms with Crippen LogP contribution in [0.1, 0.15) is 43.0 Å². The predicted molar refractivity (Wildman–Crippen MR) is 81.7 cm³/mol. The van der Waals surface area contributed by atoms with Crippen molar-refractivity contribution in [3.8, 4) is 0 Å². The van der Waals surface area contributed by atoms with Gasteiger partial charge in [0, 0.05) is 11.4 Å². The number of benzene rings is 1. The van der Waals surface area contributed by atoms with Crippen molar-refractivity contribution in [3.05, 3.63) is 41.5 Å². The van der Waals surface area contributed by atoms with E-state index in [9.17, 15) is 0 Å². The number of aromatic nitrogens is 2. The van der Waals surface area contributed by atoms with Crippen LogP contribution >= 0.6 is 11.8 Å². The molecule has 108 valence electrons. The largest absolute Gasteiger partial charge is 0.339 e. The van der Waals surface area contributed by atoms with Crippen molar-refractivity contribution >= 4 is 11.8 Å². The SMILES string of the molecule is CCCC(CN)c1nc(CSc2ccc(C)cc2)no1. The molecule has 20 heavy (non-hydrogen) atoms. The zero-order chi connectivity index (χ0) is 14.4. The van der Waals surface area contributed by atoms with Crippen LogP contribution in [-0.2, 0) is 5.75 Å². The number of hydrogen-bond donors (Lipinski definition) is 1. The second-order valence-electron chi connectivity index (χ2n) is 4.87. The summed E-state index contributed by atoms with van der Waals surface area (Å²) in [4.78, 5) is 5.67. The Morgan fingerprint density at radius 3 is 2.70 bits per heavy atom. The summed E-state index contributed by atoms with van der Waals surface area (Å²) in [5, 5.41) is 4.04. The topological polar surface area (TPSA) is 64.9 Å². The molecule has 1 aromatic heterocycles. The molecule has 0 spiro atoms. The molecular weight excluding hydrogens is 270 g/mol. The van der Waals surface area contributed by atoms with E-state index in [1.807, 2.05) is 0 Å². The molecule has 1 aromatic carbocycles. The third-order valence-electron chi connectivity index (χ3n) is 3.14. The molecule has 1 atom stereocenters. The van der Waals surface area contributed by atoms with Crippen molar-refractivity contribution in [3.63, 3.8) is 0 Å². The molecule has 0 fully saturated rings. The lowest BCUT2D eigenvalue weighted by atomic mass is 10.0. The zero-order valence-corrected chi connectivity index (χ0v) is 12.8. The quantitative estimate of drug-likeness (QED) is 0.791. The number of nitrogens with zero attached hydrogens (tertiary/aromatic N) is 2. The lowest BCUT2D eigenvalue weighted by Gasteiger charge is -2.06. The average molecular weight is 291 g/mol. The number of thioether (sulfide) groups is 1. The summed E-state index contributed by atoms with van der Waals surface area (Å²) in [6.07, 6.45) is 2.06. The molecule has 0 bridgehead atoms. The molecule has 2 N–H and O–H groups in total. The summed E-state index contributed by atoms with van der Waals surface area (Å²) >= 11 is 1.71. The van der Waals surface area contributed by atoms with Crippen LogP contribution in [0.15, 0.2) is 33.7 Å². The van der Waals surface area contributed by atoms with Gasteiger partial charge in [0.15, 0.2) is 5.82 Å². The van der Waals surface area contributed by atoms with E-state index in [1.165, 1.54) is 10.5 Å². The van der Waals surface area contributed by atoms with Gasteiger partial charge in [-0.3, -0.25) is 0 Å². The van der Waals surface area contributed by atoms with E-state index in [4.69, 9.17) is 10.3 Å². The fourth-order valence-corrected chi connectivity index (χ4v) is 2.71. The Bertz CT molecular complexity index is 524. The summed E-state index contributed by atoms with van der Waals surface area (Å²) < 4.78 is 5.32. The van der Waals surface area contributed by atoms with Crippen LogP contribution in [0.2, 0.25) is 0 Å². The Kier molecular flexibility index (Phi) is 5.61. The van der Waals surface area contributed by atoms with Crippen molar-refractivity contribution < 1.29 is 4.52 Å². The first kappa shape index (κ1) is 15.1. The van der Waals surface area contributed by atoms with Gasteiger partial charge in [-0.15, -0.1) is 11.8 Å². The van der Waals surface area contributed by atoms with Crippen LogP contribution in [0.25, 0.3) is 0 Å². The van der Waals surface area contributed by atoms with Crippen molar-refractivity contribution in [2.75, 3.05) is 6.54 Å².